The molecule has 0 atom stereocenters. The second kappa shape index (κ2) is 5.88. The average Bonchev–Trinajstić information content (AvgIpc) is 2.89. The first-order chi connectivity index (χ1) is 10.3. The maximum atomic E-state index is 12.7. The van der Waals surface area contributed by atoms with Crippen LogP contribution in [-0.2, 0) is 11.0 Å². The van der Waals surface area contributed by atoms with E-state index in [9.17, 15) is 22.8 Å². The van der Waals surface area contributed by atoms with Crippen molar-refractivity contribution in [3.63, 3.8) is 0 Å². The molecule has 0 spiro atoms. The third-order valence-electron chi connectivity index (χ3n) is 2.63. The lowest BCUT2D eigenvalue weighted by molar-refractivity contribution is -0.141. The van der Waals surface area contributed by atoms with E-state index in [4.69, 9.17) is 0 Å². The largest absolute Gasteiger partial charge is 0.433 e. The zero-order chi connectivity index (χ0) is 16.3. The molecule has 0 unspecified atom stereocenters. The van der Waals surface area contributed by atoms with Gasteiger partial charge in [0.15, 0.2) is 5.69 Å². The van der Waals surface area contributed by atoms with Crippen molar-refractivity contribution < 1.29 is 22.8 Å². The van der Waals surface area contributed by atoms with Crippen molar-refractivity contribution in [2.45, 2.75) is 13.1 Å². The Kier molecular flexibility index (Phi) is 4.15. The summed E-state index contributed by atoms with van der Waals surface area (Å²) in [6.45, 7) is 1.34. The Bertz CT molecular complexity index is 692. The predicted molar refractivity (Wildman–Crippen MR) is 72.3 cm³/mol. The predicted octanol–water partition coefficient (Wildman–Crippen LogP) is 2.64. The third-order valence-corrected chi connectivity index (χ3v) is 2.63. The van der Waals surface area contributed by atoms with Gasteiger partial charge in [-0.15, -0.1) is 0 Å². The second-order valence-corrected chi connectivity index (χ2v) is 4.37. The number of amides is 2. The maximum Gasteiger partial charge on any atom is 0.433 e. The number of anilines is 2. The van der Waals surface area contributed by atoms with Crippen molar-refractivity contribution in [3.8, 4) is 0 Å². The van der Waals surface area contributed by atoms with E-state index in [0.29, 0.717) is 5.69 Å². The number of nitrogens with one attached hydrogen (secondary N) is 3. The van der Waals surface area contributed by atoms with Crippen LogP contribution in [0.4, 0.5) is 24.5 Å². The van der Waals surface area contributed by atoms with Gasteiger partial charge in [-0.05, 0) is 24.3 Å². The van der Waals surface area contributed by atoms with Crippen LogP contribution in [0.15, 0.2) is 30.5 Å². The van der Waals surface area contributed by atoms with Gasteiger partial charge in [-0.2, -0.15) is 18.3 Å². The molecular formula is C13H11F3N4O2. The van der Waals surface area contributed by atoms with E-state index < -0.39 is 23.3 Å². The number of H-pyrrole nitrogens is 1. The van der Waals surface area contributed by atoms with Gasteiger partial charge >= 0.3 is 6.18 Å². The van der Waals surface area contributed by atoms with Crippen molar-refractivity contribution >= 4 is 23.2 Å². The zero-order valence-corrected chi connectivity index (χ0v) is 11.3. The van der Waals surface area contributed by atoms with Gasteiger partial charge in [0.25, 0.3) is 5.91 Å². The number of rotatable bonds is 3. The Labute approximate surface area is 122 Å². The Balaban J connectivity index is 2.13. The molecule has 0 bridgehead atoms. The molecule has 22 heavy (non-hydrogen) atoms. The summed E-state index contributed by atoms with van der Waals surface area (Å²) < 4.78 is 38.0. The number of hydrogen-bond donors (Lipinski definition) is 3. The molecule has 0 aliphatic heterocycles. The summed E-state index contributed by atoms with van der Waals surface area (Å²) >= 11 is 0. The number of carbonyl (C=O) groups excluding carboxylic acids is 2. The van der Waals surface area contributed by atoms with Gasteiger partial charge in [-0.1, -0.05) is 0 Å². The number of carbonyl (C=O) groups is 2. The van der Waals surface area contributed by atoms with Gasteiger partial charge < -0.3 is 10.6 Å². The van der Waals surface area contributed by atoms with E-state index in [1.165, 1.54) is 31.2 Å². The molecular weight excluding hydrogens is 301 g/mol. The summed E-state index contributed by atoms with van der Waals surface area (Å²) in [5.74, 6) is -1.20. The zero-order valence-electron chi connectivity index (χ0n) is 11.3. The first-order valence-corrected chi connectivity index (χ1v) is 6.07. The van der Waals surface area contributed by atoms with Gasteiger partial charge in [-0.25, -0.2) is 0 Å². The van der Waals surface area contributed by atoms with Crippen molar-refractivity contribution in [1.29, 1.82) is 0 Å². The van der Waals surface area contributed by atoms with Crippen LogP contribution in [0.3, 0.4) is 0 Å². The number of nitrogens with zero attached hydrogens (tertiary/aromatic N) is 1. The van der Waals surface area contributed by atoms with E-state index in [-0.39, 0.29) is 11.6 Å². The van der Waals surface area contributed by atoms with Crippen molar-refractivity contribution in [2.24, 2.45) is 0 Å². The molecule has 3 N–H and O–H groups in total. The fourth-order valence-electron chi connectivity index (χ4n) is 1.71. The minimum absolute atomic E-state index is 0.259. The Morgan fingerprint density at radius 1 is 1.09 bits per heavy atom. The topological polar surface area (TPSA) is 86.9 Å². The lowest BCUT2D eigenvalue weighted by atomic mass is 10.2. The molecule has 0 aliphatic carbocycles. The number of benzene rings is 1. The summed E-state index contributed by atoms with van der Waals surface area (Å²) in [7, 11) is 0. The quantitative estimate of drug-likeness (QED) is 0.814. The molecule has 0 saturated carbocycles. The van der Waals surface area contributed by atoms with Crippen molar-refractivity contribution in [2.75, 3.05) is 10.6 Å². The molecule has 2 rings (SSSR count). The standard InChI is InChI=1S/C13H11F3N4O2/c1-7(21)18-8-2-4-9(5-3-8)19-12(22)10-6-17-20-11(10)13(14,15)16/h2-6H,1H3,(H,17,20)(H,18,21)(H,19,22). The molecule has 9 heteroatoms. The molecule has 2 amide bonds. The number of hydrogen-bond acceptors (Lipinski definition) is 3. The van der Waals surface area contributed by atoms with E-state index in [1.807, 2.05) is 0 Å². The van der Waals surface area contributed by atoms with Gasteiger partial charge in [0.2, 0.25) is 5.91 Å². The number of halogens is 3. The van der Waals surface area contributed by atoms with Crippen LogP contribution < -0.4 is 10.6 Å². The molecule has 0 radical (unpaired) electrons. The molecule has 116 valence electrons. The summed E-state index contributed by atoms with van der Waals surface area (Å²) in [6, 6.07) is 5.93. The SMILES string of the molecule is CC(=O)Nc1ccc(NC(=O)c2cn[nH]c2C(F)(F)F)cc1. The molecule has 0 aliphatic rings. The lowest BCUT2D eigenvalue weighted by Gasteiger charge is -2.08. The van der Waals surface area contributed by atoms with E-state index >= 15 is 0 Å². The van der Waals surface area contributed by atoms with Crippen LogP contribution in [0, 0.1) is 0 Å². The van der Waals surface area contributed by atoms with Crippen LogP contribution in [-0.4, -0.2) is 22.0 Å². The fourth-order valence-corrected chi connectivity index (χ4v) is 1.71. The summed E-state index contributed by atoms with van der Waals surface area (Å²) in [4.78, 5) is 22.7. The highest BCUT2D eigenvalue weighted by molar-refractivity contribution is 6.05. The van der Waals surface area contributed by atoms with Crippen LogP contribution in [0.5, 0.6) is 0 Å². The highest BCUT2D eigenvalue weighted by Gasteiger charge is 2.37. The van der Waals surface area contributed by atoms with Gasteiger partial charge in [-0.3, -0.25) is 14.7 Å². The van der Waals surface area contributed by atoms with Gasteiger partial charge in [0, 0.05) is 18.3 Å². The summed E-state index contributed by atoms with van der Waals surface area (Å²) in [5, 5.41) is 9.86. The third kappa shape index (κ3) is 3.62. The summed E-state index contributed by atoms with van der Waals surface area (Å²) in [6.07, 6.45) is -3.89. The van der Waals surface area contributed by atoms with E-state index in [0.717, 1.165) is 6.20 Å². The Morgan fingerprint density at radius 3 is 2.14 bits per heavy atom. The average molecular weight is 312 g/mol. The minimum Gasteiger partial charge on any atom is -0.326 e. The molecule has 0 fully saturated rings. The Morgan fingerprint density at radius 2 is 1.64 bits per heavy atom. The Hall–Kier alpha value is -2.84. The monoisotopic (exact) mass is 312 g/mol. The molecule has 0 saturated heterocycles. The minimum atomic E-state index is -4.70. The van der Waals surface area contributed by atoms with Crippen LogP contribution in [0.25, 0.3) is 0 Å². The van der Waals surface area contributed by atoms with Crippen LogP contribution in [0.1, 0.15) is 23.0 Å². The molecule has 1 heterocycles. The number of aromatic nitrogens is 2. The van der Waals surface area contributed by atoms with Crippen molar-refractivity contribution in [1.82, 2.24) is 10.2 Å². The van der Waals surface area contributed by atoms with Crippen molar-refractivity contribution in [3.05, 3.63) is 41.7 Å². The van der Waals surface area contributed by atoms with Crippen LogP contribution >= 0.6 is 0 Å². The molecule has 2 aromatic rings. The van der Waals surface area contributed by atoms with Crippen LogP contribution in [0.2, 0.25) is 0 Å². The normalized spacial score (nSPS) is 11.1. The van der Waals surface area contributed by atoms with E-state index in [1.54, 1.807) is 5.10 Å². The maximum absolute atomic E-state index is 12.7. The fraction of sp³-hybridized carbons (Fsp3) is 0.154. The van der Waals surface area contributed by atoms with E-state index in [2.05, 4.69) is 15.7 Å². The highest BCUT2D eigenvalue weighted by Crippen LogP contribution is 2.30. The molecule has 6 nitrogen and oxygen atoms in total. The second-order valence-electron chi connectivity index (χ2n) is 4.37. The van der Waals surface area contributed by atoms with Gasteiger partial charge in [0.05, 0.1) is 11.8 Å². The van der Waals surface area contributed by atoms with Gasteiger partial charge in [0.1, 0.15) is 0 Å². The highest BCUT2D eigenvalue weighted by atomic mass is 19.4. The smallest absolute Gasteiger partial charge is 0.326 e. The molecule has 1 aromatic heterocycles. The first-order valence-electron chi connectivity index (χ1n) is 6.07. The number of alkyl halides is 3. The lowest BCUT2D eigenvalue weighted by Crippen LogP contribution is -2.17. The first kappa shape index (κ1) is 15.5. The summed E-state index contributed by atoms with van der Waals surface area (Å²) in [5.41, 5.74) is -1.02. The number of aromatic amines is 1. The molecule has 1 aromatic carbocycles.